The highest BCUT2D eigenvalue weighted by molar-refractivity contribution is 7.65. The second kappa shape index (κ2) is 4.66. The Bertz CT molecular complexity index is 297. The lowest BCUT2D eigenvalue weighted by Gasteiger charge is -2.34. The molecule has 0 aliphatic rings. The molecule has 0 aromatic heterocycles. The number of benzene rings is 1. The lowest BCUT2D eigenvalue weighted by atomic mass is 9.87. The van der Waals surface area contributed by atoms with Crippen LogP contribution in [0.4, 0.5) is 0 Å². The summed E-state index contributed by atoms with van der Waals surface area (Å²) in [5.41, 5.74) is 1.12. The number of hydrogen-bond acceptors (Lipinski definition) is 0. The van der Waals surface area contributed by atoms with E-state index >= 15 is 0 Å². The summed E-state index contributed by atoms with van der Waals surface area (Å²) in [4.78, 5) is 0. The quantitative estimate of drug-likeness (QED) is 0.528. The predicted molar refractivity (Wildman–Crippen MR) is 72.0 cm³/mol. The van der Waals surface area contributed by atoms with Gasteiger partial charge in [-0.2, -0.15) is 0 Å². The summed E-state index contributed by atoms with van der Waals surface area (Å²) >= 11 is 18.6. The van der Waals surface area contributed by atoms with E-state index in [4.69, 9.17) is 33.2 Å². The molecule has 0 N–H and O–H groups in total. The second-order valence-electron chi connectivity index (χ2n) is 4.75. The highest BCUT2D eigenvalue weighted by atomic mass is 35.8. The van der Waals surface area contributed by atoms with E-state index in [0.717, 1.165) is 5.56 Å². The third-order valence-corrected chi connectivity index (χ3v) is 6.14. The summed E-state index contributed by atoms with van der Waals surface area (Å²) in [5.74, 6) is 0. The average molecular weight is 282 g/mol. The van der Waals surface area contributed by atoms with Crippen molar-refractivity contribution in [1.29, 1.82) is 0 Å². The van der Waals surface area contributed by atoms with Gasteiger partial charge in [0.15, 0.2) is 0 Å². The summed E-state index contributed by atoms with van der Waals surface area (Å²) < 4.78 is 0. The lowest BCUT2D eigenvalue weighted by Crippen LogP contribution is -2.34. The van der Waals surface area contributed by atoms with Crippen LogP contribution in [0.15, 0.2) is 30.3 Å². The van der Waals surface area contributed by atoms with Crippen LogP contribution in [-0.4, -0.2) is 6.00 Å². The van der Waals surface area contributed by atoms with Crippen molar-refractivity contribution in [2.45, 2.75) is 26.3 Å². The molecule has 1 rings (SSSR count). The molecule has 0 aliphatic heterocycles. The Kier molecular flexibility index (Phi) is 4.16. The molecule has 0 fully saturated rings. The Labute approximate surface area is 107 Å². The van der Waals surface area contributed by atoms with E-state index in [1.165, 1.54) is 0 Å². The van der Waals surface area contributed by atoms with Crippen LogP contribution in [0, 0.1) is 5.41 Å². The first kappa shape index (κ1) is 13.4. The first-order valence-corrected chi connectivity index (χ1v) is 9.96. The number of halogens is 3. The van der Waals surface area contributed by atoms with Crippen molar-refractivity contribution in [2.75, 3.05) is 0 Å². The third-order valence-electron chi connectivity index (χ3n) is 2.33. The topological polar surface area (TPSA) is 0 Å². The van der Waals surface area contributed by atoms with Crippen molar-refractivity contribution in [2.24, 2.45) is 5.41 Å². The Balaban J connectivity index is 3.15. The molecule has 0 radical (unpaired) electrons. The van der Waals surface area contributed by atoms with Crippen LogP contribution in [-0.2, 0) is 0 Å². The summed E-state index contributed by atoms with van der Waals surface area (Å²) in [6, 6.07) is 7.26. The smallest absolute Gasteiger partial charge is 0.125 e. The molecule has 0 amide bonds. The van der Waals surface area contributed by atoms with Gasteiger partial charge < -0.3 is 0 Å². The molecule has 0 saturated carbocycles. The maximum absolute atomic E-state index is 6.19. The number of hydrogen-bond donors (Lipinski definition) is 0. The van der Waals surface area contributed by atoms with Gasteiger partial charge in [-0.25, -0.2) is 0 Å². The molecular weight excluding hydrogens is 267 g/mol. The van der Waals surface area contributed by atoms with Crippen LogP contribution in [0.3, 0.4) is 0 Å². The monoisotopic (exact) mass is 280 g/mol. The van der Waals surface area contributed by atoms with Crippen molar-refractivity contribution >= 4 is 39.2 Å². The normalized spacial score (nSPS) is 15.1. The molecule has 0 nitrogen and oxygen atoms in total. The first-order valence-electron chi connectivity index (χ1n) is 4.84. The zero-order chi connectivity index (χ0) is 11.7. The van der Waals surface area contributed by atoms with Gasteiger partial charge in [0, 0.05) is 5.54 Å². The van der Waals surface area contributed by atoms with Crippen LogP contribution >= 0.6 is 33.2 Å². The van der Waals surface area contributed by atoms with Crippen LogP contribution < -0.4 is 0 Å². The Morgan fingerprint density at radius 3 is 1.80 bits per heavy atom. The van der Waals surface area contributed by atoms with Gasteiger partial charge in [0.25, 0.3) is 0 Å². The Hall–Kier alpha value is 0.307. The van der Waals surface area contributed by atoms with E-state index < -0.39 is 6.00 Å². The summed E-state index contributed by atoms with van der Waals surface area (Å²) in [7, 11) is 0. The molecule has 1 unspecified atom stereocenters. The van der Waals surface area contributed by atoms with Crippen molar-refractivity contribution in [3.8, 4) is 0 Å². The Morgan fingerprint density at radius 1 is 1.00 bits per heavy atom. The van der Waals surface area contributed by atoms with Crippen LogP contribution in [0.5, 0.6) is 0 Å². The zero-order valence-electron chi connectivity index (χ0n) is 9.10. The zero-order valence-corrected chi connectivity index (χ0v) is 12.4. The molecule has 15 heavy (non-hydrogen) atoms. The first-order chi connectivity index (χ1) is 6.73. The van der Waals surface area contributed by atoms with Gasteiger partial charge >= 0.3 is 6.00 Å². The molecule has 0 saturated heterocycles. The fourth-order valence-corrected chi connectivity index (χ4v) is 7.46. The van der Waals surface area contributed by atoms with Crippen molar-refractivity contribution in [1.82, 2.24) is 0 Å². The van der Waals surface area contributed by atoms with E-state index in [-0.39, 0.29) is 11.0 Å². The van der Waals surface area contributed by atoms with E-state index in [9.17, 15) is 0 Å². The van der Waals surface area contributed by atoms with Crippen LogP contribution in [0.1, 0.15) is 31.9 Å². The highest BCUT2D eigenvalue weighted by Gasteiger charge is 2.44. The maximum atomic E-state index is 6.19. The third kappa shape index (κ3) is 3.67. The Morgan fingerprint density at radius 2 is 1.47 bits per heavy atom. The SMILES string of the molecule is CC(C)(C)C(c1ccccc1)[Si](Cl)(Cl)Cl. The predicted octanol–water partition coefficient (Wildman–Crippen LogP) is 5.01. The molecular formula is C11H15Cl3Si. The molecule has 0 spiro atoms. The van der Waals surface area contributed by atoms with Gasteiger partial charge in [-0.1, -0.05) is 51.1 Å². The molecule has 4 heteroatoms. The molecule has 0 bridgehead atoms. The summed E-state index contributed by atoms with van der Waals surface area (Å²) in [5, 5.41) is 0. The van der Waals surface area contributed by atoms with E-state index in [2.05, 4.69) is 20.8 Å². The van der Waals surface area contributed by atoms with Gasteiger partial charge in [0.1, 0.15) is 0 Å². The summed E-state index contributed by atoms with van der Waals surface area (Å²) in [6.07, 6.45) is 0. The summed E-state index contributed by atoms with van der Waals surface area (Å²) in [6.45, 7) is 6.33. The van der Waals surface area contributed by atoms with Gasteiger partial charge in [-0.3, -0.25) is 0 Å². The number of rotatable bonds is 2. The minimum Gasteiger partial charge on any atom is -0.125 e. The van der Waals surface area contributed by atoms with Crippen molar-refractivity contribution < 1.29 is 0 Å². The minimum atomic E-state index is -2.75. The van der Waals surface area contributed by atoms with Crippen molar-refractivity contribution in [3.05, 3.63) is 35.9 Å². The van der Waals surface area contributed by atoms with Gasteiger partial charge in [-0.15, -0.1) is 33.2 Å². The van der Waals surface area contributed by atoms with Gasteiger partial charge in [-0.05, 0) is 11.0 Å². The fraction of sp³-hybridized carbons (Fsp3) is 0.455. The van der Waals surface area contributed by atoms with Gasteiger partial charge in [0.2, 0.25) is 0 Å². The van der Waals surface area contributed by atoms with E-state index in [1.807, 2.05) is 30.3 Å². The van der Waals surface area contributed by atoms with E-state index in [0.29, 0.717) is 0 Å². The highest BCUT2D eigenvalue weighted by Crippen LogP contribution is 2.47. The largest absolute Gasteiger partial charge is 0.348 e. The molecule has 0 heterocycles. The molecule has 0 aliphatic carbocycles. The fourth-order valence-electron chi connectivity index (χ4n) is 1.83. The second-order valence-corrected chi connectivity index (χ2v) is 13.5. The lowest BCUT2D eigenvalue weighted by molar-refractivity contribution is 0.391. The molecule has 1 atom stereocenters. The van der Waals surface area contributed by atoms with Crippen LogP contribution in [0.25, 0.3) is 0 Å². The average Bonchev–Trinajstić information content (AvgIpc) is 2.00. The molecule has 84 valence electrons. The molecule has 1 aromatic carbocycles. The van der Waals surface area contributed by atoms with E-state index in [1.54, 1.807) is 0 Å². The van der Waals surface area contributed by atoms with Gasteiger partial charge in [0.05, 0.1) is 0 Å². The standard InChI is InChI=1S/C11H15Cl3Si/c1-11(2,3)10(15(12,13)14)9-7-5-4-6-8-9/h4-8,10H,1-3H3. The van der Waals surface area contributed by atoms with Crippen LogP contribution in [0.2, 0.25) is 0 Å². The maximum Gasteiger partial charge on any atom is 0.348 e. The minimum absolute atomic E-state index is 0.0243. The molecule has 1 aromatic rings. The van der Waals surface area contributed by atoms with Crippen molar-refractivity contribution in [3.63, 3.8) is 0 Å².